The SMILES string of the molecule is CCOc1cc(/C=N/NC(=O)Cc2ccc(F)cc2)cc(Cl)c1OCC(=O)Nc1ccc(C)cc1. The second kappa shape index (κ2) is 12.5. The minimum atomic E-state index is -0.367. The third-order valence-electron chi connectivity index (χ3n) is 4.70. The highest BCUT2D eigenvalue weighted by Gasteiger charge is 2.14. The lowest BCUT2D eigenvalue weighted by molar-refractivity contribution is -0.120. The van der Waals surface area contributed by atoms with E-state index in [0.717, 1.165) is 5.56 Å². The lowest BCUT2D eigenvalue weighted by Crippen LogP contribution is -2.20. The molecule has 0 radical (unpaired) electrons. The normalized spacial score (nSPS) is 10.7. The Morgan fingerprint density at radius 2 is 1.74 bits per heavy atom. The molecular weight excluding hydrogens is 473 g/mol. The molecule has 3 aromatic carbocycles. The summed E-state index contributed by atoms with van der Waals surface area (Å²) in [6, 6.07) is 16.3. The molecule has 9 heteroatoms. The number of aryl methyl sites for hydroxylation is 1. The third-order valence-corrected chi connectivity index (χ3v) is 4.98. The van der Waals surface area contributed by atoms with Crippen LogP contribution < -0.4 is 20.2 Å². The number of ether oxygens (including phenoxy) is 2. The van der Waals surface area contributed by atoms with E-state index in [9.17, 15) is 14.0 Å². The number of carbonyl (C=O) groups is 2. The molecule has 3 rings (SSSR count). The Labute approximate surface area is 207 Å². The number of amides is 2. The molecule has 7 nitrogen and oxygen atoms in total. The van der Waals surface area contributed by atoms with Crippen molar-refractivity contribution in [2.45, 2.75) is 20.3 Å². The van der Waals surface area contributed by atoms with Crippen molar-refractivity contribution >= 4 is 35.3 Å². The summed E-state index contributed by atoms with van der Waals surface area (Å²) in [6.07, 6.45) is 1.46. The average Bonchev–Trinajstić information content (AvgIpc) is 2.82. The molecule has 2 amide bonds. The van der Waals surface area contributed by atoms with Crippen LogP contribution in [-0.4, -0.2) is 31.2 Å². The van der Waals surface area contributed by atoms with Crippen LogP contribution in [0.5, 0.6) is 11.5 Å². The summed E-state index contributed by atoms with van der Waals surface area (Å²) < 4.78 is 24.2. The number of rotatable bonds is 10. The molecule has 2 N–H and O–H groups in total. The topological polar surface area (TPSA) is 89.0 Å². The fourth-order valence-corrected chi connectivity index (χ4v) is 3.32. The van der Waals surface area contributed by atoms with E-state index in [4.69, 9.17) is 21.1 Å². The Kier molecular flexibility index (Phi) is 9.20. The third kappa shape index (κ3) is 8.12. The molecule has 0 aliphatic heterocycles. The zero-order valence-corrected chi connectivity index (χ0v) is 20.1. The second-order valence-electron chi connectivity index (χ2n) is 7.56. The zero-order valence-electron chi connectivity index (χ0n) is 19.3. The van der Waals surface area contributed by atoms with Crippen LogP contribution in [0.25, 0.3) is 0 Å². The van der Waals surface area contributed by atoms with Gasteiger partial charge in [-0.2, -0.15) is 5.10 Å². The molecule has 0 bridgehead atoms. The summed E-state index contributed by atoms with van der Waals surface area (Å²) in [4.78, 5) is 24.3. The summed E-state index contributed by atoms with van der Waals surface area (Å²) in [5.74, 6) is -0.508. The highest BCUT2D eigenvalue weighted by atomic mass is 35.5. The van der Waals surface area contributed by atoms with Gasteiger partial charge in [-0.05, 0) is 61.4 Å². The van der Waals surface area contributed by atoms with Crippen molar-refractivity contribution in [1.82, 2.24) is 5.43 Å². The Morgan fingerprint density at radius 3 is 2.43 bits per heavy atom. The van der Waals surface area contributed by atoms with E-state index >= 15 is 0 Å². The van der Waals surface area contributed by atoms with Crippen molar-refractivity contribution in [2.24, 2.45) is 5.10 Å². The maximum absolute atomic E-state index is 13.0. The molecule has 0 aliphatic rings. The number of hydrogen-bond acceptors (Lipinski definition) is 5. The molecule has 0 atom stereocenters. The van der Waals surface area contributed by atoms with E-state index in [1.807, 2.05) is 19.1 Å². The number of benzene rings is 3. The van der Waals surface area contributed by atoms with Gasteiger partial charge < -0.3 is 14.8 Å². The molecule has 0 aliphatic carbocycles. The largest absolute Gasteiger partial charge is 0.490 e. The standard InChI is InChI=1S/C26H25ClFN3O4/c1-3-34-23-13-19(15-29-31-24(32)14-18-6-8-20(28)9-7-18)12-22(27)26(23)35-16-25(33)30-21-10-4-17(2)5-11-21/h4-13,15H,3,14,16H2,1-2H3,(H,30,33)(H,31,32)/b29-15+. The van der Waals surface area contributed by atoms with Gasteiger partial charge in [0.1, 0.15) is 5.82 Å². The van der Waals surface area contributed by atoms with Crippen molar-refractivity contribution in [2.75, 3.05) is 18.5 Å². The van der Waals surface area contributed by atoms with Gasteiger partial charge in [0, 0.05) is 5.69 Å². The number of nitrogens with zero attached hydrogens (tertiary/aromatic N) is 1. The highest BCUT2D eigenvalue weighted by Crippen LogP contribution is 2.36. The fraction of sp³-hybridized carbons (Fsp3) is 0.192. The van der Waals surface area contributed by atoms with E-state index in [-0.39, 0.29) is 41.4 Å². The predicted molar refractivity (Wildman–Crippen MR) is 134 cm³/mol. The first-order chi connectivity index (χ1) is 16.8. The van der Waals surface area contributed by atoms with Crippen LogP contribution >= 0.6 is 11.6 Å². The smallest absolute Gasteiger partial charge is 0.262 e. The highest BCUT2D eigenvalue weighted by molar-refractivity contribution is 6.32. The summed E-state index contributed by atoms with van der Waals surface area (Å²) in [5, 5.41) is 6.91. The lowest BCUT2D eigenvalue weighted by atomic mass is 10.1. The molecule has 0 aromatic heterocycles. The monoisotopic (exact) mass is 497 g/mol. The summed E-state index contributed by atoms with van der Waals surface area (Å²) in [7, 11) is 0. The molecular formula is C26H25ClFN3O4. The van der Waals surface area contributed by atoms with Gasteiger partial charge in [-0.3, -0.25) is 9.59 Å². The number of hydrogen-bond donors (Lipinski definition) is 2. The molecule has 0 spiro atoms. The van der Waals surface area contributed by atoms with Crippen LogP contribution in [0.1, 0.15) is 23.6 Å². The molecule has 0 fully saturated rings. The number of nitrogens with one attached hydrogen (secondary N) is 2. The summed E-state index contributed by atoms with van der Waals surface area (Å²) >= 11 is 6.38. The minimum Gasteiger partial charge on any atom is -0.490 e. The Morgan fingerprint density at radius 1 is 1.03 bits per heavy atom. The minimum absolute atomic E-state index is 0.0556. The van der Waals surface area contributed by atoms with Gasteiger partial charge in [-0.25, -0.2) is 9.82 Å². The first-order valence-corrected chi connectivity index (χ1v) is 11.2. The van der Waals surface area contributed by atoms with Gasteiger partial charge in [0.15, 0.2) is 18.1 Å². The van der Waals surface area contributed by atoms with Crippen LogP contribution in [-0.2, 0) is 16.0 Å². The Bertz CT molecular complexity index is 1200. The van der Waals surface area contributed by atoms with Gasteiger partial charge in [0.25, 0.3) is 5.91 Å². The van der Waals surface area contributed by atoms with Gasteiger partial charge >= 0.3 is 0 Å². The average molecular weight is 498 g/mol. The predicted octanol–water partition coefficient (Wildman–Crippen LogP) is 4.90. The van der Waals surface area contributed by atoms with Gasteiger partial charge in [-0.1, -0.05) is 41.4 Å². The Balaban J connectivity index is 1.60. The first-order valence-electron chi connectivity index (χ1n) is 10.9. The number of anilines is 1. The second-order valence-corrected chi connectivity index (χ2v) is 7.97. The Hall–Kier alpha value is -3.91. The molecule has 0 unspecified atom stereocenters. The van der Waals surface area contributed by atoms with E-state index < -0.39 is 0 Å². The summed E-state index contributed by atoms with van der Waals surface area (Å²) in [5.41, 5.74) is 5.38. The molecule has 35 heavy (non-hydrogen) atoms. The molecule has 0 saturated carbocycles. The van der Waals surface area contributed by atoms with Crippen molar-refractivity contribution in [3.05, 3.63) is 88.2 Å². The van der Waals surface area contributed by atoms with Crippen LogP contribution in [0, 0.1) is 12.7 Å². The van der Waals surface area contributed by atoms with Gasteiger partial charge in [-0.15, -0.1) is 0 Å². The van der Waals surface area contributed by atoms with E-state index in [2.05, 4.69) is 15.8 Å². The van der Waals surface area contributed by atoms with Gasteiger partial charge in [0.05, 0.1) is 24.3 Å². The molecule has 0 heterocycles. The maximum atomic E-state index is 13.0. The van der Waals surface area contributed by atoms with Gasteiger partial charge in [0.2, 0.25) is 5.91 Å². The van der Waals surface area contributed by atoms with Crippen molar-refractivity contribution in [3.63, 3.8) is 0 Å². The van der Waals surface area contributed by atoms with Crippen molar-refractivity contribution in [3.8, 4) is 11.5 Å². The van der Waals surface area contributed by atoms with Crippen LogP contribution in [0.15, 0.2) is 65.8 Å². The van der Waals surface area contributed by atoms with E-state index in [1.54, 1.807) is 31.2 Å². The first kappa shape index (κ1) is 25.7. The molecule has 3 aromatic rings. The van der Waals surface area contributed by atoms with Crippen LogP contribution in [0.3, 0.4) is 0 Å². The maximum Gasteiger partial charge on any atom is 0.262 e. The zero-order chi connectivity index (χ0) is 25.2. The van der Waals surface area contributed by atoms with Crippen LogP contribution in [0.4, 0.5) is 10.1 Å². The molecule has 182 valence electrons. The van der Waals surface area contributed by atoms with Crippen LogP contribution in [0.2, 0.25) is 5.02 Å². The lowest BCUT2D eigenvalue weighted by Gasteiger charge is -2.14. The van der Waals surface area contributed by atoms with Crippen molar-refractivity contribution in [1.29, 1.82) is 0 Å². The number of hydrazone groups is 1. The van der Waals surface area contributed by atoms with E-state index in [0.29, 0.717) is 29.2 Å². The fourth-order valence-electron chi connectivity index (χ4n) is 3.04. The summed E-state index contributed by atoms with van der Waals surface area (Å²) in [6.45, 7) is 3.85. The number of carbonyl (C=O) groups excluding carboxylic acids is 2. The number of halogens is 2. The van der Waals surface area contributed by atoms with E-state index in [1.165, 1.54) is 30.5 Å². The molecule has 0 saturated heterocycles. The van der Waals surface area contributed by atoms with Crippen molar-refractivity contribution < 1.29 is 23.5 Å². The quantitative estimate of drug-likeness (QED) is 0.308.